The van der Waals surface area contributed by atoms with Gasteiger partial charge in [0.25, 0.3) is 0 Å². The molecule has 0 N–H and O–H groups in total. The molecule has 0 aliphatic rings. The summed E-state index contributed by atoms with van der Waals surface area (Å²) >= 11 is 0. The molecule has 2 rings (SSSR count). The molecule has 0 amide bonds. The van der Waals surface area contributed by atoms with Crippen LogP contribution in [-0.4, -0.2) is 5.78 Å². The van der Waals surface area contributed by atoms with E-state index in [2.05, 4.69) is 19.1 Å². The van der Waals surface area contributed by atoms with Crippen LogP contribution in [0.2, 0.25) is 0 Å². The normalized spacial score (nSPS) is 9.23. The van der Waals surface area contributed by atoms with Crippen molar-refractivity contribution < 1.29 is 4.79 Å². The Morgan fingerprint density at radius 1 is 0.864 bits per heavy atom. The van der Waals surface area contributed by atoms with E-state index in [1.165, 1.54) is 18.4 Å². The highest BCUT2D eigenvalue weighted by molar-refractivity contribution is 5.97. The van der Waals surface area contributed by atoms with Crippen molar-refractivity contribution in [2.45, 2.75) is 53.9 Å². The molecule has 0 heterocycles. The minimum Gasteiger partial charge on any atom is -0.294 e. The lowest BCUT2D eigenvalue weighted by molar-refractivity contribution is 0.0993. The molecule has 0 atom stereocenters. The van der Waals surface area contributed by atoms with Crippen molar-refractivity contribution in [3.05, 3.63) is 71.3 Å². The molecular weight excluding hydrogens is 268 g/mol. The van der Waals surface area contributed by atoms with E-state index < -0.39 is 0 Å². The maximum Gasteiger partial charge on any atom is 0.167 e. The molecule has 0 unspecified atom stereocenters. The Morgan fingerprint density at radius 2 is 1.45 bits per heavy atom. The van der Waals surface area contributed by atoms with E-state index in [9.17, 15) is 4.79 Å². The number of aryl methyl sites for hydroxylation is 1. The molecule has 22 heavy (non-hydrogen) atoms. The molecule has 0 aliphatic heterocycles. The van der Waals surface area contributed by atoms with Gasteiger partial charge < -0.3 is 0 Å². The Bertz CT molecular complexity index is 511. The van der Waals surface area contributed by atoms with Gasteiger partial charge in [-0.1, -0.05) is 89.2 Å². The Balaban J connectivity index is 0.00000141. The van der Waals surface area contributed by atoms with Crippen LogP contribution in [0.4, 0.5) is 0 Å². The summed E-state index contributed by atoms with van der Waals surface area (Å²) in [7, 11) is 0. The molecule has 1 heteroatoms. The third-order valence-corrected chi connectivity index (χ3v) is 3.30. The standard InChI is InChI=1S/C18H20O.C2H6.CH4/c1-2-3-7-15-10-12-17(13-11-15)18(19)14-16-8-5-4-6-9-16;1-2;/h4-6,8-13H,2-3,7,14H2,1H3;1-2H3;1H4. The first-order chi connectivity index (χ1) is 10.3. The van der Waals surface area contributed by atoms with E-state index in [1.54, 1.807) is 0 Å². The second-order valence-electron chi connectivity index (χ2n) is 4.89. The minimum absolute atomic E-state index is 0. The van der Waals surface area contributed by atoms with Crippen LogP contribution >= 0.6 is 0 Å². The Hall–Kier alpha value is -1.89. The van der Waals surface area contributed by atoms with Crippen molar-refractivity contribution in [1.29, 1.82) is 0 Å². The predicted octanol–water partition coefficient (Wildman–Crippen LogP) is 6.12. The first-order valence-electron chi connectivity index (χ1n) is 7.95. The van der Waals surface area contributed by atoms with Gasteiger partial charge >= 0.3 is 0 Å². The third kappa shape index (κ3) is 6.71. The Kier molecular flexibility index (Phi) is 10.7. The zero-order chi connectivity index (χ0) is 15.5. The van der Waals surface area contributed by atoms with E-state index in [0.29, 0.717) is 6.42 Å². The molecule has 0 saturated heterocycles. The lowest BCUT2D eigenvalue weighted by Crippen LogP contribution is -2.03. The number of hydrogen-bond donors (Lipinski definition) is 0. The fraction of sp³-hybridized carbons (Fsp3) is 0.381. The molecular formula is C21H30O. The lowest BCUT2D eigenvalue weighted by atomic mass is 10.0. The second kappa shape index (κ2) is 11.7. The van der Waals surface area contributed by atoms with Crippen molar-refractivity contribution in [3.63, 3.8) is 0 Å². The van der Waals surface area contributed by atoms with Crippen LogP contribution in [0.1, 0.15) is 62.5 Å². The number of ketones is 1. The molecule has 1 nitrogen and oxygen atoms in total. The van der Waals surface area contributed by atoms with Crippen LogP contribution in [0, 0.1) is 0 Å². The molecule has 0 bridgehead atoms. The van der Waals surface area contributed by atoms with Gasteiger partial charge in [0.15, 0.2) is 5.78 Å². The van der Waals surface area contributed by atoms with Gasteiger partial charge in [-0.2, -0.15) is 0 Å². The number of carbonyl (C=O) groups excluding carboxylic acids is 1. The number of Topliss-reactive ketones (excluding diaryl/α,β-unsaturated/α-hetero) is 1. The lowest BCUT2D eigenvalue weighted by Gasteiger charge is -2.04. The zero-order valence-corrected chi connectivity index (χ0v) is 13.4. The highest BCUT2D eigenvalue weighted by Crippen LogP contribution is 2.11. The summed E-state index contributed by atoms with van der Waals surface area (Å²) in [6.45, 7) is 6.19. The molecule has 0 radical (unpaired) electrons. The monoisotopic (exact) mass is 298 g/mol. The molecule has 120 valence electrons. The van der Waals surface area contributed by atoms with Gasteiger partial charge in [-0.05, 0) is 24.0 Å². The highest BCUT2D eigenvalue weighted by atomic mass is 16.1. The van der Waals surface area contributed by atoms with Gasteiger partial charge in [-0.3, -0.25) is 4.79 Å². The largest absolute Gasteiger partial charge is 0.294 e. The van der Waals surface area contributed by atoms with E-state index in [-0.39, 0.29) is 13.2 Å². The first kappa shape index (κ1) is 20.1. The molecule has 0 spiro atoms. The van der Waals surface area contributed by atoms with Crippen LogP contribution in [0.15, 0.2) is 54.6 Å². The number of hydrogen-bond acceptors (Lipinski definition) is 1. The van der Waals surface area contributed by atoms with Gasteiger partial charge in [0, 0.05) is 12.0 Å². The van der Waals surface area contributed by atoms with E-state index in [0.717, 1.165) is 17.5 Å². The molecule has 2 aromatic carbocycles. The zero-order valence-electron chi connectivity index (χ0n) is 13.4. The number of unbranched alkanes of at least 4 members (excludes halogenated alkanes) is 1. The summed E-state index contributed by atoms with van der Waals surface area (Å²) < 4.78 is 0. The van der Waals surface area contributed by atoms with Gasteiger partial charge in [-0.25, -0.2) is 0 Å². The van der Waals surface area contributed by atoms with Crippen LogP contribution in [0.3, 0.4) is 0 Å². The fourth-order valence-corrected chi connectivity index (χ4v) is 2.12. The van der Waals surface area contributed by atoms with Gasteiger partial charge in [-0.15, -0.1) is 0 Å². The number of carbonyl (C=O) groups is 1. The summed E-state index contributed by atoms with van der Waals surface area (Å²) in [6, 6.07) is 18.0. The maximum absolute atomic E-state index is 12.1. The van der Waals surface area contributed by atoms with Crippen molar-refractivity contribution in [3.8, 4) is 0 Å². The molecule has 0 fully saturated rings. The summed E-state index contributed by atoms with van der Waals surface area (Å²) in [4.78, 5) is 12.1. The van der Waals surface area contributed by atoms with Gasteiger partial charge in [0.2, 0.25) is 0 Å². The average Bonchev–Trinajstić information content (AvgIpc) is 2.56. The van der Waals surface area contributed by atoms with Crippen LogP contribution in [0.25, 0.3) is 0 Å². The van der Waals surface area contributed by atoms with Crippen molar-refractivity contribution in [2.75, 3.05) is 0 Å². The summed E-state index contributed by atoms with van der Waals surface area (Å²) in [5.41, 5.74) is 3.20. The Morgan fingerprint density at radius 3 is 2.00 bits per heavy atom. The fourth-order valence-electron chi connectivity index (χ4n) is 2.12. The summed E-state index contributed by atoms with van der Waals surface area (Å²) in [5, 5.41) is 0. The SMILES string of the molecule is C.CC.CCCCc1ccc(C(=O)Cc2ccccc2)cc1. The third-order valence-electron chi connectivity index (χ3n) is 3.30. The number of rotatable bonds is 6. The van der Waals surface area contributed by atoms with Gasteiger partial charge in [0.1, 0.15) is 0 Å². The van der Waals surface area contributed by atoms with Crippen LogP contribution in [-0.2, 0) is 12.8 Å². The van der Waals surface area contributed by atoms with Gasteiger partial charge in [0.05, 0.1) is 0 Å². The second-order valence-corrected chi connectivity index (χ2v) is 4.89. The van der Waals surface area contributed by atoms with Crippen molar-refractivity contribution in [1.82, 2.24) is 0 Å². The minimum atomic E-state index is 0. The molecule has 0 aromatic heterocycles. The van der Waals surface area contributed by atoms with Crippen LogP contribution < -0.4 is 0 Å². The smallest absolute Gasteiger partial charge is 0.167 e. The topological polar surface area (TPSA) is 17.1 Å². The summed E-state index contributed by atoms with van der Waals surface area (Å²) in [6.07, 6.45) is 3.99. The predicted molar refractivity (Wildman–Crippen MR) is 97.6 cm³/mol. The van der Waals surface area contributed by atoms with Crippen molar-refractivity contribution in [2.24, 2.45) is 0 Å². The van der Waals surface area contributed by atoms with E-state index in [1.807, 2.05) is 56.3 Å². The molecule has 0 saturated carbocycles. The molecule has 2 aromatic rings. The quantitative estimate of drug-likeness (QED) is 0.587. The first-order valence-corrected chi connectivity index (χ1v) is 7.95. The summed E-state index contributed by atoms with van der Waals surface area (Å²) in [5.74, 6) is 0.188. The van der Waals surface area contributed by atoms with E-state index >= 15 is 0 Å². The number of benzene rings is 2. The maximum atomic E-state index is 12.1. The highest BCUT2D eigenvalue weighted by Gasteiger charge is 2.06. The average molecular weight is 298 g/mol. The van der Waals surface area contributed by atoms with Crippen molar-refractivity contribution >= 4 is 5.78 Å². The van der Waals surface area contributed by atoms with E-state index in [4.69, 9.17) is 0 Å². The van der Waals surface area contributed by atoms with Crippen LogP contribution in [0.5, 0.6) is 0 Å². The Labute approximate surface area is 136 Å². The molecule has 0 aliphatic carbocycles.